The van der Waals surface area contributed by atoms with E-state index in [1.54, 1.807) is 0 Å². The topological polar surface area (TPSA) is 29.5 Å². The highest BCUT2D eigenvalue weighted by Crippen LogP contribution is 2.30. The molecule has 2 nitrogen and oxygen atoms in total. The van der Waals surface area contributed by atoms with Crippen LogP contribution in [0.2, 0.25) is 0 Å². The summed E-state index contributed by atoms with van der Waals surface area (Å²) in [5.74, 6) is 0.667. The molecular formula is C11H12F3IO2. The summed E-state index contributed by atoms with van der Waals surface area (Å²) in [5, 5.41) is 8.72. The van der Waals surface area contributed by atoms with Gasteiger partial charge in [0.25, 0.3) is 0 Å². The van der Waals surface area contributed by atoms with Gasteiger partial charge in [0.2, 0.25) is 0 Å². The Kier molecular flexibility index (Phi) is 5.35. The van der Waals surface area contributed by atoms with Crippen molar-refractivity contribution >= 4 is 22.6 Å². The zero-order valence-electron chi connectivity index (χ0n) is 8.88. The van der Waals surface area contributed by atoms with E-state index < -0.39 is 6.36 Å². The number of phenols is 1. The minimum atomic E-state index is -4.68. The van der Waals surface area contributed by atoms with E-state index in [1.807, 2.05) is 0 Å². The second-order valence-corrected chi connectivity index (χ2v) is 4.52. The molecule has 1 aliphatic rings. The minimum absolute atomic E-state index is 0.107. The van der Waals surface area contributed by atoms with Crippen LogP contribution < -0.4 is 4.74 Å². The maximum Gasteiger partial charge on any atom is 0.573 e. The van der Waals surface area contributed by atoms with Crippen LogP contribution in [0.3, 0.4) is 0 Å². The number of hydrogen-bond donors (Lipinski definition) is 1. The van der Waals surface area contributed by atoms with Gasteiger partial charge in [-0.05, 0) is 43.0 Å². The lowest BCUT2D eigenvalue weighted by molar-refractivity contribution is -0.274. The number of halogens is 4. The first-order valence-electron chi connectivity index (χ1n) is 5.01. The van der Waals surface area contributed by atoms with Crippen molar-refractivity contribution in [2.24, 2.45) is 5.92 Å². The molecule has 0 aromatic heterocycles. The highest BCUT2D eigenvalue weighted by atomic mass is 127. The lowest BCUT2D eigenvalue weighted by Gasteiger charge is -2.07. The van der Waals surface area contributed by atoms with E-state index in [4.69, 9.17) is 5.11 Å². The highest BCUT2D eigenvalue weighted by molar-refractivity contribution is 14.1. The summed E-state index contributed by atoms with van der Waals surface area (Å²) in [7, 11) is 0. The molecule has 17 heavy (non-hydrogen) atoms. The molecule has 0 aliphatic heterocycles. The molecule has 0 heterocycles. The molecule has 0 spiro atoms. The van der Waals surface area contributed by atoms with E-state index in [-0.39, 0.29) is 11.5 Å². The average Bonchev–Trinajstić information content (AvgIpc) is 3.04. The summed E-state index contributed by atoms with van der Waals surface area (Å²) in [6, 6.07) is 4.29. The van der Waals surface area contributed by atoms with Gasteiger partial charge in [-0.1, -0.05) is 22.6 Å². The minimum Gasteiger partial charge on any atom is -0.508 e. The Balaban J connectivity index is 0.000000239. The van der Waals surface area contributed by atoms with Crippen molar-refractivity contribution in [2.75, 3.05) is 4.43 Å². The predicted octanol–water partition coefficient (Wildman–Crippen LogP) is 4.12. The molecule has 96 valence electrons. The maximum absolute atomic E-state index is 11.6. The van der Waals surface area contributed by atoms with E-state index in [0.717, 1.165) is 30.2 Å². The van der Waals surface area contributed by atoms with E-state index >= 15 is 0 Å². The van der Waals surface area contributed by atoms with E-state index in [1.165, 1.54) is 17.3 Å². The van der Waals surface area contributed by atoms with Crippen LogP contribution in [0.5, 0.6) is 11.5 Å². The van der Waals surface area contributed by atoms with Crippen molar-refractivity contribution in [3.05, 3.63) is 24.3 Å². The smallest absolute Gasteiger partial charge is 0.508 e. The van der Waals surface area contributed by atoms with Gasteiger partial charge in [-0.25, -0.2) is 0 Å². The number of phenolic OH excluding ortho intramolecular Hbond substituents is 1. The standard InChI is InChI=1S/C7H5F3O2.C4H7I/c8-7(9,10)12-6-3-1-5(11)2-4-6;5-3-4-1-2-4/h1-4,11H;4H,1-3H2. The van der Waals surface area contributed by atoms with Crippen molar-refractivity contribution in [3.63, 3.8) is 0 Å². The van der Waals surface area contributed by atoms with Gasteiger partial charge in [0, 0.05) is 4.43 Å². The Morgan fingerprint density at radius 2 is 1.76 bits per heavy atom. The molecule has 0 amide bonds. The van der Waals surface area contributed by atoms with Gasteiger partial charge in [-0.2, -0.15) is 0 Å². The molecule has 1 N–H and O–H groups in total. The Morgan fingerprint density at radius 3 is 2.06 bits per heavy atom. The van der Waals surface area contributed by atoms with Crippen LogP contribution in [0, 0.1) is 5.92 Å². The molecule has 1 aromatic rings. The second kappa shape index (κ2) is 6.32. The van der Waals surface area contributed by atoms with E-state index in [9.17, 15) is 13.2 Å². The molecule has 2 rings (SSSR count). The Hall–Kier alpha value is -0.660. The van der Waals surface area contributed by atoms with E-state index in [2.05, 4.69) is 27.3 Å². The van der Waals surface area contributed by atoms with Crippen LogP contribution in [-0.4, -0.2) is 15.9 Å². The van der Waals surface area contributed by atoms with Crippen molar-refractivity contribution < 1.29 is 23.0 Å². The van der Waals surface area contributed by atoms with Gasteiger partial charge < -0.3 is 9.84 Å². The number of alkyl halides is 4. The lowest BCUT2D eigenvalue weighted by Crippen LogP contribution is -2.16. The van der Waals surface area contributed by atoms with Crippen molar-refractivity contribution in [3.8, 4) is 11.5 Å². The molecule has 0 saturated heterocycles. The summed E-state index contributed by atoms with van der Waals surface area (Å²) in [5.41, 5.74) is 0. The Bertz CT molecular complexity index is 334. The average molecular weight is 360 g/mol. The molecule has 0 unspecified atom stereocenters. The summed E-state index contributed by atoms with van der Waals surface area (Å²) >= 11 is 2.44. The van der Waals surface area contributed by atoms with Gasteiger partial charge in [-0.3, -0.25) is 0 Å². The van der Waals surface area contributed by atoms with Gasteiger partial charge in [0.05, 0.1) is 0 Å². The van der Waals surface area contributed by atoms with Crippen LogP contribution in [0.25, 0.3) is 0 Å². The van der Waals surface area contributed by atoms with Crippen molar-refractivity contribution in [1.82, 2.24) is 0 Å². The fourth-order valence-electron chi connectivity index (χ4n) is 0.920. The normalized spacial score (nSPS) is 14.8. The van der Waals surface area contributed by atoms with Gasteiger partial charge in [0.15, 0.2) is 0 Å². The number of aromatic hydroxyl groups is 1. The molecule has 1 aliphatic carbocycles. The molecule has 0 radical (unpaired) electrons. The third kappa shape index (κ3) is 7.30. The zero-order valence-corrected chi connectivity index (χ0v) is 11.0. The Labute approximate surface area is 111 Å². The first-order valence-corrected chi connectivity index (χ1v) is 6.54. The quantitative estimate of drug-likeness (QED) is 0.635. The van der Waals surface area contributed by atoms with Crippen molar-refractivity contribution in [1.29, 1.82) is 0 Å². The monoisotopic (exact) mass is 360 g/mol. The number of hydrogen-bond acceptors (Lipinski definition) is 2. The molecule has 0 bridgehead atoms. The number of ether oxygens (including phenoxy) is 1. The fraction of sp³-hybridized carbons (Fsp3) is 0.455. The first-order chi connectivity index (χ1) is 7.90. The molecule has 0 atom stereocenters. The van der Waals surface area contributed by atoms with Crippen LogP contribution >= 0.6 is 22.6 Å². The fourth-order valence-corrected chi connectivity index (χ4v) is 1.80. The molecule has 6 heteroatoms. The third-order valence-electron chi connectivity index (χ3n) is 1.99. The van der Waals surface area contributed by atoms with Crippen molar-refractivity contribution in [2.45, 2.75) is 19.2 Å². The largest absolute Gasteiger partial charge is 0.573 e. The van der Waals surface area contributed by atoms with Crippen LogP contribution in [-0.2, 0) is 0 Å². The SMILES string of the molecule is ICC1CC1.Oc1ccc(OC(F)(F)F)cc1. The predicted molar refractivity (Wildman–Crippen MR) is 66.4 cm³/mol. The summed E-state index contributed by atoms with van der Waals surface area (Å²) in [4.78, 5) is 0. The summed E-state index contributed by atoms with van der Waals surface area (Å²) in [6.07, 6.45) is -1.68. The molecule has 1 saturated carbocycles. The summed E-state index contributed by atoms with van der Waals surface area (Å²) < 4.78 is 39.6. The number of rotatable bonds is 2. The van der Waals surface area contributed by atoms with Crippen LogP contribution in [0.4, 0.5) is 13.2 Å². The molecule has 1 aromatic carbocycles. The van der Waals surface area contributed by atoms with Gasteiger partial charge >= 0.3 is 6.36 Å². The molecular weight excluding hydrogens is 348 g/mol. The maximum atomic E-state index is 11.6. The highest BCUT2D eigenvalue weighted by Gasteiger charge is 2.30. The second-order valence-electron chi connectivity index (χ2n) is 3.64. The van der Waals surface area contributed by atoms with Crippen LogP contribution in [0.15, 0.2) is 24.3 Å². The van der Waals surface area contributed by atoms with Gasteiger partial charge in [-0.15, -0.1) is 13.2 Å². The molecule has 1 fully saturated rings. The van der Waals surface area contributed by atoms with Crippen LogP contribution in [0.1, 0.15) is 12.8 Å². The summed E-state index contributed by atoms with van der Waals surface area (Å²) in [6.45, 7) is 0. The Morgan fingerprint density at radius 1 is 1.24 bits per heavy atom. The number of benzene rings is 1. The first kappa shape index (κ1) is 14.4. The third-order valence-corrected chi connectivity index (χ3v) is 3.23. The zero-order chi connectivity index (χ0) is 12.9. The lowest BCUT2D eigenvalue weighted by atomic mass is 10.3. The van der Waals surface area contributed by atoms with E-state index in [0.29, 0.717) is 0 Å². The van der Waals surface area contributed by atoms with Gasteiger partial charge in [0.1, 0.15) is 11.5 Å².